The molecule has 0 saturated carbocycles. The van der Waals surface area contributed by atoms with Gasteiger partial charge >= 0.3 is 0 Å². The third-order valence-electron chi connectivity index (χ3n) is 4.56. The van der Waals surface area contributed by atoms with Gasteiger partial charge in [-0.15, -0.1) is 0 Å². The number of carbonyl (C=O) groups is 2. The Hall–Kier alpha value is -1.10. The van der Waals surface area contributed by atoms with E-state index in [0.717, 1.165) is 58.2 Å². The lowest BCUT2D eigenvalue weighted by molar-refractivity contribution is -0.133. The molecule has 0 aromatic heterocycles. The molecule has 0 spiro atoms. The Morgan fingerprint density at radius 1 is 1.29 bits per heavy atom. The zero-order valence-electron chi connectivity index (χ0n) is 13.2. The van der Waals surface area contributed by atoms with E-state index >= 15 is 0 Å². The van der Waals surface area contributed by atoms with Crippen LogP contribution in [-0.4, -0.2) is 48.9 Å². The molecule has 5 nitrogen and oxygen atoms in total. The molecule has 2 fully saturated rings. The monoisotopic (exact) mass is 295 g/mol. The third-order valence-corrected chi connectivity index (χ3v) is 4.56. The first-order valence-electron chi connectivity index (χ1n) is 8.49. The standard InChI is InChI=1S/C16H29N3O2/c1-2-3-8-15(20)19-10-5-6-13(12-19)11-18-16(21)14-7-4-9-17-14/h13-14,17H,2-12H2,1H3,(H,18,21). The first kappa shape index (κ1) is 16.3. The predicted octanol–water partition coefficient (Wildman–Crippen LogP) is 1.28. The Morgan fingerprint density at radius 2 is 2.14 bits per heavy atom. The first-order chi connectivity index (χ1) is 10.2. The molecule has 0 bridgehead atoms. The van der Waals surface area contributed by atoms with E-state index in [1.54, 1.807) is 0 Å². The van der Waals surface area contributed by atoms with E-state index in [0.29, 0.717) is 18.9 Å². The van der Waals surface area contributed by atoms with Gasteiger partial charge < -0.3 is 15.5 Å². The van der Waals surface area contributed by atoms with Gasteiger partial charge in [-0.3, -0.25) is 9.59 Å². The second-order valence-electron chi connectivity index (χ2n) is 6.35. The molecule has 5 heteroatoms. The molecule has 2 rings (SSSR count). The van der Waals surface area contributed by atoms with Gasteiger partial charge in [0.25, 0.3) is 0 Å². The summed E-state index contributed by atoms with van der Waals surface area (Å²) < 4.78 is 0. The van der Waals surface area contributed by atoms with Gasteiger partial charge in [0.15, 0.2) is 0 Å². The minimum Gasteiger partial charge on any atom is -0.354 e. The van der Waals surface area contributed by atoms with Crippen LogP contribution in [0.25, 0.3) is 0 Å². The molecule has 2 atom stereocenters. The van der Waals surface area contributed by atoms with Crippen LogP contribution in [0.3, 0.4) is 0 Å². The lowest BCUT2D eigenvalue weighted by Crippen LogP contribution is -2.46. The summed E-state index contributed by atoms with van der Waals surface area (Å²) >= 11 is 0. The van der Waals surface area contributed by atoms with Crippen molar-refractivity contribution in [3.8, 4) is 0 Å². The van der Waals surface area contributed by atoms with Gasteiger partial charge in [0.2, 0.25) is 11.8 Å². The second-order valence-corrected chi connectivity index (χ2v) is 6.35. The molecule has 2 amide bonds. The number of unbranched alkanes of at least 4 members (excludes halogenated alkanes) is 1. The number of hydrogen-bond donors (Lipinski definition) is 2. The average molecular weight is 295 g/mol. The molecule has 2 saturated heterocycles. The summed E-state index contributed by atoms with van der Waals surface area (Å²) in [5, 5.41) is 6.28. The molecule has 0 aromatic rings. The predicted molar refractivity (Wildman–Crippen MR) is 82.9 cm³/mol. The third kappa shape index (κ3) is 4.99. The molecule has 2 heterocycles. The highest BCUT2D eigenvalue weighted by Gasteiger charge is 2.26. The van der Waals surface area contributed by atoms with Crippen LogP contribution in [0.2, 0.25) is 0 Å². The van der Waals surface area contributed by atoms with E-state index in [-0.39, 0.29) is 17.9 Å². The van der Waals surface area contributed by atoms with Crippen LogP contribution in [0.15, 0.2) is 0 Å². The van der Waals surface area contributed by atoms with E-state index < -0.39 is 0 Å². The maximum Gasteiger partial charge on any atom is 0.237 e. The summed E-state index contributed by atoms with van der Waals surface area (Å²) in [6.45, 7) is 5.45. The maximum atomic E-state index is 12.1. The molecular formula is C16H29N3O2. The maximum absolute atomic E-state index is 12.1. The summed E-state index contributed by atoms with van der Waals surface area (Å²) in [5.74, 6) is 0.821. The fourth-order valence-electron chi connectivity index (χ4n) is 3.22. The van der Waals surface area contributed by atoms with Gasteiger partial charge in [-0.2, -0.15) is 0 Å². The number of amides is 2. The van der Waals surface area contributed by atoms with Crippen molar-refractivity contribution in [1.29, 1.82) is 0 Å². The van der Waals surface area contributed by atoms with Crippen LogP contribution in [0.1, 0.15) is 51.9 Å². The second kappa shape index (κ2) is 8.37. The fraction of sp³-hybridized carbons (Fsp3) is 0.875. The lowest BCUT2D eigenvalue weighted by atomic mass is 9.97. The highest BCUT2D eigenvalue weighted by molar-refractivity contribution is 5.82. The van der Waals surface area contributed by atoms with Crippen LogP contribution in [0.4, 0.5) is 0 Å². The molecule has 2 aliphatic heterocycles. The van der Waals surface area contributed by atoms with E-state index in [1.165, 1.54) is 0 Å². The highest BCUT2D eigenvalue weighted by atomic mass is 16.2. The molecule has 2 N–H and O–H groups in total. The minimum atomic E-state index is -0.00382. The number of nitrogens with one attached hydrogen (secondary N) is 2. The Labute approximate surface area is 127 Å². The lowest BCUT2D eigenvalue weighted by Gasteiger charge is -2.33. The normalized spacial score (nSPS) is 25.9. The number of piperidine rings is 1. The largest absolute Gasteiger partial charge is 0.354 e. The van der Waals surface area contributed by atoms with Crippen LogP contribution in [0, 0.1) is 5.92 Å². The summed E-state index contributed by atoms with van der Waals surface area (Å²) in [6, 6.07) is -0.00382. The van der Waals surface area contributed by atoms with Crippen LogP contribution >= 0.6 is 0 Å². The Bertz CT molecular complexity index is 353. The van der Waals surface area contributed by atoms with Gasteiger partial charge in [0.1, 0.15) is 0 Å². The van der Waals surface area contributed by atoms with E-state index in [2.05, 4.69) is 17.6 Å². The van der Waals surface area contributed by atoms with Gasteiger partial charge in [-0.05, 0) is 44.6 Å². The Balaban J connectivity index is 1.70. The first-order valence-corrected chi connectivity index (χ1v) is 8.49. The number of carbonyl (C=O) groups excluding carboxylic acids is 2. The van der Waals surface area contributed by atoms with E-state index in [1.807, 2.05) is 4.90 Å². The molecular weight excluding hydrogens is 266 g/mol. The molecule has 2 aliphatic rings. The highest BCUT2D eigenvalue weighted by Crippen LogP contribution is 2.17. The van der Waals surface area contributed by atoms with Crippen molar-refractivity contribution in [3.05, 3.63) is 0 Å². The minimum absolute atomic E-state index is 0.00382. The quantitative estimate of drug-likeness (QED) is 0.776. The zero-order chi connectivity index (χ0) is 15.1. The van der Waals surface area contributed by atoms with E-state index in [4.69, 9.17) is 0 Å². The molecule has 21 heavy (non-hydrogen) atoms. The number of hydrogen-bond acceptors (Lipinski definition) is 3. The van der Waals surface area contributed by atoms with Crippen LogP contribution in [-0.2, 0) is 9.59 Å². The van der Waals surface area contributed by atoms with Crippen LogP contribution in [0.5, 0.6) is 0 Å². The molecule has 0 aromatic carbocycles. The summed E-state index contributed by atoms with van der Waals surface area (Å²) in [4.78, 5) is 26.1. The SMILES string of the molecule is CCCCC(=O)N1CCCC(CNC(=O)C2CCCN2)C1. The van der Waals surface area contributed by atoms with Crippen LogP contribution < -0.4 is 10.6 Å². The van der Waals surface area contributed by atoms with Gasteiger partial charge in [-0.25, -0.2) is 0 Å². The van der Waals surface area contributed by atoms with Crippen molar-refractivity contribution >= 4 is 11.8 Å². The topological polar surface area (TPSA) is 61.4 Å². The number of nitrogens with zero attached hydrogens (tertiary/aromatic N) is 1. The number of rotatable bonds is 6. The summed E-state index contributed by atoms with van der Waals surface area (Å²) in [6.07, 6.45) is 6.90. The van der Waals surface area contributed by atoms with Crippen molar-refractivity contribution in [2.45, 2.75) is 57.9 Å². The summed E-state index contributed by atoms with van der Waals surface area (Å²) in [7, 11) is 0. The molecule has 2 unspecified atom stereocenters. The fourth-order valence-corrected chi connectivity index (χ4v) is 3.22. The van der Waals surface area contributed by atoms with Gasteiger partial charge in [0.05, 0.1) is 6.04 Å². The summed E-state index contributed by atoms with van der Waals surface area (Å²) in [5.41, 5.74) is 0. The molecule has 0 radical (unpaired) electrons. The van der Waals surface area contributed by atoms with Crippen molar-refractivity contribution in [3.63, 3.8) is 0 Å². The van der Waals surface area contributed by atoms with Gasteiger partial charge in [0, 0.05) is 26.1 Å². The van der Waals surface area contributed by atoms with E-state index in [9.17, 15) is 9.59 Å². The van der Waals surface area contributed by atoms with Crippen molar-refractivity contribution in [2.24, 2.45) is 5.92 Å². The zero-order valence-corrected chi connectivity index (χ0v) is 13.2. The Morgan fingerprint density at radius 3 is 2.86 bits per heavy atom. The van der Waals surface area contributed by atoms with Crippen molar-refractivity contribution in [1.82, 2.24) is 15.5 Å². The van der Waals surface area contributed by atoms with Crippen molar-refractivity contribution in [2.75, 3.05) is 26.2 Å². The average Bonchev–Trinajstić information content (AvgIpc) is 3.05. The van der Waals surface area contributed by atoms with Gasteiger partial charge in [-0.1, -0.05) is 13.3 Å². The molecule has 0 aliphatic carbocycles. The Kier molecular flexibility index (Phi) is 6.49. The number of likely N-dealkylation sites (tertiary alicyclic amines) is 1. The van der Waals surface area contributed by atoms with Crippen molar-refractivity contribution < 1.29 is 9.59 Å². The smallest absolute Gasteiger partial charge is 0.237 e. The molecule has 120 valence electrons.